The van der Waals surface area contributed by atoms with Crippen molar-refractivity contribution in [3.8, 4) is 22.8 Å². The Bertz CT molecular complexity index is 1380. The van der Waals surface area contributed by atoms with Crippen LogP contribution in [0, 0.1) is 6.92 Å². The molecule has 178 valence electrons. The lowest BCUT2D eigenvalue weighted by Crippen LogP contribution is -2.07. The van der Waals surface area contributed by atoms with Gasteiger partial charge in [0.05, 0.1) is 17.8 Å². The summed E-state index contributed by atoms with van der Waals surface area (Å²) in [5.41, 5.74) is 4.50. The molecule has 0 fully saturated rings. The molecule has 1 N–H and O–H groups in total. The van der Waals surface area contributed by atoms with Gasteiger partial charge in [-0.25, -0.2) is 4.98 Å². The number of nitrogens with zero attached hydrogens (tertiary/aromatic N) is 1. The SMILES string of the molecule is COc1cc(C=CC(=O)Nc2nc(-c3ccc(Cl)cc3Cl)cs2)ccc1OCc1ccccc1C. The number of rotatable bonds is 8. The fourth-order valence-corrected chi connectivity index (χ4v) is 4.52. The first kappa shape index (κ1) is 24.8. The number of benzene rings is 3. The van der Waals surface area contributed by atoms with Gasteiger partial charge in [-0.05, 0) is 60.0 Å². The van der Waals surface area contributed by atoms with Gasteiger partial charge in [-0.3, -0.25) is 10.1 Å². The summed E-state index contributed by atoms with van der Waals surface area (Å²) in [6.45, 7) is 2.49. The van der Waals surface area contributed by atoms with Crippen molar-refractivity contribution in [1.82, 2.24) is 4.98 Å². The molecule has 1 aromatic heterocycles. The van der Waals surface area contributed by atoms with Gasteiger partial charge in [-0.15, -0.1) is 11.3 Å². The van der Waals surface area contributed by atoms with Crippen molar-refractivity contribution in [2.75, 3.05) is 12.4 Å². The van der Waals surface area contributed by atoms with Crippen molar-refractivity contribution in [3.05, 3.63) is 98.9 Å². The topological polar surface area (TPSA) is 60.5 Å². The molecule has 0 saturated carbocycles. The van der Waals surface area contributed by atoms with Crippen LogP contribution in [0.2, 0.25) is 10.0 Å². The van der Waals surface area contributed by atoms with E-state index >= 15 is 0 Å². The number of amides is 1. The highest BCUT2D eigenvalue weighted by molar-refractivity contribution is 7.14. The summed E-state index contributed by atoms with van der Waals surface area (Å²) in [5, 5.41) is 6.12. The lowest BCUT2D eigenvalue weighted by Gasteiger charge is -2.12. The van der Waals surface area contributed by atoms with Gasteiger partial charge in [-0.2, -0.15) is 0 Å². The Kier molecular flexibility index (Phi) is 8.08. The maximum Gasteiger partial charge on any atom is 0.250 e. The van der Waals surface area contributed by atoms with Crippen LogP contribution in [0.3, 0.4) is 0 Å². The average molecular weight is 525 g/mol. The van der Waals surface area contributed by atoms with Crippen LogP contribution in [-0.2, 0) is 11.4 Å². The molecule has 4 aromatic rings. The zero-order valence-electron chi connectivity index (χ0n) is 19.0. The second-order valence-corrected chi connectivity index (χ2v) is 9.31. The molecule has 8 heteroatoms. The highest BCUT2D eigenvalue weighted by Crippen LogP contribution is 2.32. The van der Waals surface area contributed by atoms with Gasteiger partial charge >= 0.3 is 0 Å². The number of thiazole rings is 1. The lowest BCUT2D eigenvalue weighted by molar-refractivity contribution is -0.111. The Morgan fingerprint density at radius 1 is 1.09 bits per heavy atom. The first-order chi connectivity index (χ1) is 16.9. The Labute approximate surface area is 218 Å². The third kappa shape index (κ3) is 6.42. The number of methoxy groups -OCH3 is 1. The minimum atomic E-state index is -0.299. The van der Waals surface area contributed by atoms with E-state index < -0.39 is 0 Å². The fourth-order valence-electron chi connectivity index (χ4n) is 3.31. The molecule has 0 saturated heterocycles. The van der Waals surface area contributed by atoms with Crippen LogP contribution < -0.4 is 14.8 Å². The Morgan fingerprint density at radius 3 is 2.69 bits per heavy atom. The summed E-state index contributed by atoms with van der Waals surface area (Å²) in [4.78, 5) is 16.9. The molecule has 1 amide bonds. The van der Waals surface area contributed by atoms with Crippen molar-refractivity contribution < 1.29 is 14.3 Å². The molecule has 1 heterocycles. The number of halogens is 2. The molecule has 35 heavy (non-hydrogen) atoms. The van der Waals surface area contributed by atoms with Crippen molar-refractivity contribution in [3.63, 3.8) is 0 Å². The van der Waals surface area contributed by atoms with Crippen LogP contribution in [0.15, 0.2) is 72.1 Å². The summed E-state index contributed by atoms with van der Waals surface area (Å²) >= 11 is 13.5. The van der Waals surface area contributed by atoms with Gasteiger partial charge in [0.15, 0.2) is 16.6 Å². The summed E-state index contributed by atoms with van der Waals surface area (Å²) < 4.78 is 11.4. The van der Waals surface area contributed by atoms with E-state index in [0.29, 0.717) is 39.0 Å². The second-order valence-electron chi connectivity index (χ2n) is 7.61. The van der Waals surface area contributed by atoms with Crippen LogP contribution in [0.5, 0.6) is 11.5 Å². The summed E-state index contributed by atoms with van der Waals surface area (Å²) in [7, 11) is 1.59. The molecular formula is C27H22Cl2N2O3S. The molecule has 0 aliphatic carbocycles. The number of hydrogen-bond acceptors (Lipinski definition) is 5. The van der Waals surface area contributed by atoms with Crippen molar-refractivity contribution >= 4 is 51.7 Å². The van der Waals surface area contributed by atoms with Crippen LogP contribution >= 0.6 is 34.5 Å². The molecular weight excluding hydrogens is 503 g/mol. The van der Waals surface area contributed by atoms with Gasteiger partial charge < -0.3 is 9.47 Å². The minimum absolute atomic E-state index is 0.299. The van der Waals surface area contributed by atoms with Gasteiger partial charge in [0, 0.05) is 22.0 Å². The van der Waals surface area contributed by atoms with Crippen molar-refractivity contribution in [2.45, 2.75) is 13.5 Å². The minimum Gasteiger partial charge on any atom is -0.493 e. The first-order valence-electron chi connectivity index (χ1n) is 10.7. The third-order valence-electron chi connectivity index (χ3n) is 5.20. The number of nitrogens with one attached hydrogen (secondary N) is 1. The van der Waals surface area contributed by atoms with E-state index in [1.165, 1.54) is 23.0 Å². The third-order valence-corrected chi connectivity index (χ3v) is 6.51. The zero-order chi connectivity index (χ0) is 24.8. The number of anilines is 1. The van der Waals surface area contributed by atoms with E-state index in [0.717, 1.165) is 16.7 Å². The maximum atomic E-state index is 12.4. The Hall–Kier alpha value is -3.32. The lowest BCUT2D eigenvalue weighted by atomic mass is 10.1. The van der Waals surface area contributed by atoms with Gasteiger partial charge in [0.25, 0.3) is 0 Å². The summed E-state index contributed by atoms with van der Waals surface area (Å²) in [6, 6.07) is 18.8. The number of carbonyl (C=O) groups excluding carboxylic acids is 1. The van der Waals surface area contributed by atoms with Crippen molar-refractivity contribution in [1.29, 1.82) is 0 Å². The molecule has 3 aromatic carbocycles. The average Bonchev–Trinajstić information content (AvgIpc) is 3.30. The predicted molar refractivity (Wildman–Crippen MR) is 144 cm³/mol. The van der Waals surface area contributed by atoms with E-state index in [2.05, 4.69) is 10.3 Å². The van der Waals surface area contributed by atoms with E-state index in [-0.39, 0.29) is 5.91 Å². The van der Waals surface area contributed by atoms with Crippen LogP contribution in [0.25, 0.3) is 17.3 Å². The zero-order valence-corrected chi connectivity index (χ0v) is 21.4. The Balaban J connectivity index is 1.39. The van der Waals surface area contributed by atoms with Gasteiger partial charge in [-0.1, -0.05) is 53.5 Å². The van der Waals surface area contributed by atoms with Gasteiger partial charge in [0.2, 0.25) is 5.91 Å². The predicted octanol–water partition coefficient (Wildman–Crippen LogP) is 7.66. The van der Waals surface area contributed by atoms with Crippen LogP contribution in [-0.4, -0.2) is 18.0 Å². The highest BCUT2D eigenvalue weighted by atomic mass is 35.5. The number of hydrogen-bond donors (Lipinski definition) is 1. The summed E-state index contributed by atoms with van der Waals surface area (Å²) in [6.07, 6.45) is 3.15. The largest absolute Gasteiger partial charge is 0.493 e. The number of ether oxygens (including phenoxy) is 2. The molecule has 0 bridgehead atoms. The van der Waals surface area contributed by atoms with E-state index in [1.54, 1.807) is 31.4 Å². The molecule has 0 unspecified atom stereocenters. The van der Waals surface area contributed by atoms with E-state index in [1.807, 2.05) is 54.8 Å². The van der Waals surface area contributed by atoms with Crippen LogP contribution in [0.4, 0.5) is 5.13 Å². The number of aromatic nitrogens is 1. The standard InChI is InChI=1S/C27H22Cl2N2O3S/c1-17-5-3-4-6-19(17)15-34-24-11-7-18(13-25(24)33-2)8-12-26(32)31-27-30-23(16-35-27)21-10-9-20(28)14-22(21)29/h3-14,16H,15H2,1-2H3,(H,30,31,32). The molecule has 0 radical (unpaired) electrons. The van der Waals surface area contributed by atoms with E-state index in [4.69, 9.17) is 32.7 Å². The normalized spacial score (nSPS) is 11.0. The maximum absolute atomic E-state index is 12.4. The van der Waals surface area contributed by atoms with Crippen LogP contribution in [0.1, 0.15) is 16.7 Å². The smallest absolute Gasteiger partial charge is 0.250 e. The monoisotopic (exact) mass is 524 g/mol. The molecule has 0 aliphatic heterocycles. The Morgan fingerprint density at radius 2 is 1.91 bits per heavy atom. The number of aryl methyl sites for hydroxylation is 1. The van der Waals surface area contributed by atoms with E-state index in [9.17, 15) is 4.79 Å². The molecule has 0 atom stereocenters. The quantitative estimate of drug-likeness (QED) is 0.240. The molecule has 0 spiro atoms. The van der Waals surface area contributed by atoms with Crippen molar-refractivity contribution in [2.24, 2.45) is 0 Å². The second kappa shape index (κ2) is 11.4. The highest BCUT2D eigenvalue weighted by Gasteiger charge is 2.11. The molecule has 0 aliphatic rings. The van der Waals surface area contributed by atoms with Gasteiger partial charge in [0.1, 0.15) is 6.61 Å². The molecule has 5 nitrogen and oxygen atoms in total. The number of carbonyl (C=O) groups is 1. The summed E-state index contributed by atoms with van der Waals surface area (Å²) in [5.74, 6) is 0.922. The molecule has 4 rings (SSSR count). The first-order valence-corrected chi connectivity index (χ1v) is 12.3. The fraction of sp³-hybridized carbons (Fsp3) is 0.111.